The third-order valence-corrected chi connectivity index (χ3v) is 5.10. The molecule has 24 heavy (non-hydrogen) atoms. The van der Waals surface area contributed by atoms with Crippen LogP contribution in [0.25, 0.3) is 0 Å². The summed E-state index contributed by atoms with van der Waals surface area (Å²) < 4.78 is 11.8. The lowest BCUT2D eigenvalue weighted by Crippen LogP contribution is -2.46. The second-order valence-corrected chi connectivity index (χ2v) is 7.52. The molecule has 4 heteroatoms. The van der Waals surface area contributed by atoms with E-state index in [1.54, 1.807) is 0 Å². The number of rotatable bonds is 6. The van der Waals surface area contributed by atoms with Crippen LogP contribution in [0.15, 0.2) is 18.2 Å². The van der Waals surface area contributed by atoms with Crippen molar-refractivity contribution in [1.29, 1.82) is 0 Å². The first-order valence-electron chi connectivity index (χ1n) is 9.15. The molecule has 1 aliphatic heterocycles. The molecule has 0 unspecified atom stereocenters. The quantitative estimate of drug-likeness (QED) is 0.867. The molecule has 1 saturated heterocycles. The minimum Gasteiger partial charge on any atom is -0.481 e. The molecule has 1 saturated carbocycles. The highest BCUT2D eigenvalue weighted by Crippen LogP contribution is 2.38. The fourth-order valence-electron chi connectivity index (χ4n) is 3.30. The van der Waals surface area contributed by atoms with Crippen LogP contribution in [0, 0.1) is 12.8 Å². The van der Waals surface area contributed by atoms with Gasteiger partial charge in [0.15, 0.2) is 6.10 Å². The first-order valence-corrected chi connectivity index (χ1v) is 9.15. The van der Waals surface area contributed by atoms with Crippen molar-refractivity contribution in [3.63, 3.8) is 0 Å². The molecule has 3 atom stereocenters. The molecular formula is C20H29NO3. The summed E-state index contributed by atoms with van der Waals surface area (Å²) in [7, 11) is 0. The Morgan fingerprint density at radius 2 is 2.00 bits per heavy atom. The van der Waals surface area contributed by atoms with Gasteiger partial charge in [0.25, 0.3) is 5.91 Å². The maximum Gasteiger partial charge on any atom is 0.261 e. The highest BCUT2D eigenvalue weighted by Gasteiger charge is 2.41. The van der Waals surface area contributed by atoms with Gasteiger partial charge in [-0.2, -0.15) is 0 Å². The van der Waals surface area contributed by atoms with Crippen molar-refractivity contribution >= 4 is 5.91 Å². The summed E-state index contributed by atoms with van der Waals surface area (Å²) in [6.45, 7) is 8.89. The Kier molecular flexibility index (Phi) is 5.14. The van der Waals surface area contributed by atoms with Crippen molar-refractivity contribution in [3.8, 4) is 5.75 Å². The number of nitrogens with one attached hydrogen (secondary N) is 1. The maximum absolute atomic E-state index is 12.5. The Labute approximate surface area is 144 Å². The number of amides is 1. The van der Waals surface area contributed by atoms with Gasteiger partial charge < -0.3 is 14.8 Å². The molecule has 0 aromatic heterocycles. The predicted octanol–water partition coefficient (Wildman–Crippen LogP) is 3.57. The van der Waals surface area contributed by atoms with Gasteiger partial charge in [-0.05, 0) is 62.1 Å². The number of ether oxygens (including phenoxy) is 2. The SMILES string of the molecule is Cc1ccc(C(C)C)cc1O[C@H](C)C(=O)N[C@H]1CCO[C@H]1C1CC1. The van der Waals surface area contributed by atoms with Gasteiger partial charge in [0.2, 0.25) is 0 Å². The highest BCUT2D eigenvalue weighted by atomic mass is 16.5. The third kappa shape index (κ3) is 3.92. The lowest BCUT2D eigenvalue weighted by atomic mass is 10.0. The summed E-state index contributed by atoms with van der Waals surface area (Å²) in [5.74, 6) is 1.82. The normalized spacial score (nSPS) is 24.9. The first-order chi connectivity index (χ1) is 11.5. The average molecular weight is 331 g/mol. The number of hydrogen-bond donors (Lipinski definition) is 1. The van der Waals surface area contributed by atoms with Crippen LogP contribution >= 0.6 is 0 Å². The second-order valence-electron chi connectivity index (χ2n) is 7.52. The van der Waals surface area contributed by atoms with E-state index in [1.807, 2.05) is 13.8 Å². The molecule has 0 bridgehead atoms. The fourth-order valence-corrected chi connectivity index (χ4v) is 3.30. The summed E-state index contributed by atoms with van der Waals surface area (Å²) in [6.07, 6.45) is 3.05. The van der Waals surface area contributed by atoms with Gasteiger partial charge in [-0.15, -0.1) is 0 Å². The largest absolute Gasteiger partial charge is 0.481 e. The molecule has 4 nitrogen and oxygen atoms in total. The summed E-state index contributed by atoms with van der Waals surface area (Å²) in [5.41, 5.74) is 2.28. The topological polar surface area (TPSA) is 47.6 Å². The summed E-state index contributed by atoms with van der Waals surface area (Å²) in [6, 6.07) is 6.37. The van der Waals surface area contributed by atoms with E-state index in [2.05, 4.69) is 37.4 Å². The van der Waals surface area contributed by atoms with Crippen LogP contribution in [0.5, 0.6) is 5.75 Å². The monoisotopic (exact) mass is 331 g/mol. The molecule has 1 aromatic rings. The average Bonchev–Trinajstić information content (AvgIpc) is 3.29. The van der Waals surface area contributed by atoms with Crippen molar-refractivity contribution in [2.24, 2.45) is 5.92 Å². The van der Waals surface area contributed by atoms with Crippen molar-refractivity contribution in [3.05, 3.63) is 29.3 Å². The Balaban J connectivity index is 1.60. The zero-order valence-electron chi connectivity index (χ0n) is 15.2. The van der Waals surface area contributed by atoms with Crippen LogP contribution in [-0.2, 0) is 9.53 Å². The molecule has 1 aromatic carbocycles. The van der Waals surface area contributed by atoms with Crippen molar-refractivity contribution in [1.82, 2.24) is 5.32 Å². The second kappa shape index (κ2) is 7.14. The van der Waals surface area contributed by atoms with Gasteiger partial charge in [-0.3, -0.25) is 4.79 Å². The fraction of sp³-hybridized carbons (Fsp3) is 0.650. The maximum atomic E-state index is 12.5. The molecule has 0 radical (unpaired) electrons. The Morgan fingerprint density at radius 1 is 1.25 bits per heavy atom. The van der Waals surface area contributed by atoms with Crippen LogP contribution in [0.2, 0.25) is 0 Å². The molecule has 2 fully saturated rings. The molecule has 1 N–H and O–H groups in total. The van der Waals surface area contributed by atoms with E-state index in [9.17, 15) is 4.79 Å². The third-order valence-electron chi connectivity index (χ3n) is 5.10. The van der Waals surface area contributed by atoms with Gasteiger partial charge in [0, 0.05) is 6.61 Å². The van der Waals surface area contributed by atoms with Crippen LogP contribution in [0.4, 0.5) is 0 Å². The summed E-state index contributed by atoms with van der Waals surface area (Å²) >= 11 is 0. The lowest BCUT2D eigenvalue weighted by molar-refractivity contribution is -0.128. The minimum absolute atomic E-state index is 0.0505. The van der Waals surface area contributed by atoms with Gasteiger partial charge in [-0.1, -0.05) is 26.0 Å². The molecule has 3 rings (SSSR count). The molecule has 0 spiro atoms. The van der Waals surface area contributed by atoms with Crippen LogP contribution in [0.1, 0.15) is 57.1 Å². The van der Waals surface area contributed by atoms with E-state index < -0.39 is 6.10 Å². The van der Waals surface area contributed by atoms with Crippen LogP contribution in [-0.4, -0.2) is 30.8 Å². The van der Waals surface area contributed by atoms with Crippen LogP contribution in [0.3, 0.4) is 0 Å². The number of benzene rings is 1. The van der Waals surface area contributed by atoms with Crippen LogP contribution < -0.4 is 10.1 Å². The zero-order valence-corrected chi connectivity index (χ0v) is 15.2. The van der Waals surface area contributed by atoms with Gasteiger partial charge in [0.05, 0.1) is 12.1 Å². The zero-order chi connectivity index (χ0) is 17.3. The molecule has 132 valence electrons. The molecule has 2 aliphatic rings. The predicted molar refractivity (Wildman–Crippen MR) is 94.4 cm³/mol. The Bertz CT molecular complexity index is 595. The number of carbonyl (C=O) groups is 1. The van der Waals surface area contributed by atoms with E-state index in [-0.39, 0.29) is 18.1 Å². The number of carbonyl (C=O) groups excluding carboxylic acids is 1. The standard InChI is InChI=1S/C20H29NO3/c1-12(2)16-6-5-13(3)18(11-16)24-14(4)20(22)21-17-9-10-23-19(17)15-7-8-15/h5-6,11-12,14-15,17,19H,7-10H2,1-4H3,(H,21,22)/t14-,17+,19+/m1/s1. The summed E-state index contributed by atoms with van der Waals surface area (Å²) in [5, 5.41) is 3.14. The Morgan fingerprint density at radius 3 is 2.67 bits per heavy atom. The number of hydrogen-bond acceptors (Lipinski definition) is 3. The lowest BCUT2D eigenvalue weighted by Gasteiger charge is -2.23. The Hall–Kier alpha value is -1.55. The summed E-state index contributed by atoms with van der Waals surface area (Å²) in [4.78, 5) is 12.5. The van der Waals surface area contributed by atoms with Gasteiger partial charge >= 0.3 is 0 Å². The molecule has 1 heterocycles. The minimum atomic E-state index is -0.508. The van der Waals surface area contributed by atoms with E-state index in [1.165, 1.54) is 18.4 Å². The highest BCUT2D eigenvalue weighted by molar-refractivity contribution is 5.81. The van der Waals surface area contributed by atoms with Gasteiger partial charge in [0.1, 0.15) is 5.75 Å². The molecular weight excluding hydrogens is 302 g/mol. The van der Waals surface area contributed by atoms with Gasteiger partial charge in [-0.25, -0.2) is 0 Å². The molecule has 1 amide bonds. The number of aryl methyl sites for hydroxylation is 1. The van der Waals surface area contributed by atoms with Crippen molar-refractivity contribution in [2.45, 2.75) is 71.1 Å². The first kappa shape index (κ1) is 17.3. The van der Waals surface area contributed by atoms with E-state index in [0.29, 0.717) is 11.8 Å². The van der Waals surface area contributed by atoms with E-state index >= 15 is 0 Å². The molecule has 1 aliphatic carbocycles. The van der Waals surface area contributed by atoms with Crippen molar-refractivity contribution in [2.75, 3.05) is 6.61 Å². The van der Waals surface area contributed by atoms with E-state index in [0.717, 1.165) is 24.3 Å². The van der Waals surface area contributed by atoms with Crippen molar-refractivity contribution < 1.29 is 14.3 Å². The van der Waals surface area contributed by atoms with E-state index in [4.69, 9.17) is 9.47 Å². The smallest absolute Gasteiger partial charge is 0.261 e.